The van der Waals surface area contributed by atoms with Crippen molar-refractivity contribution in [1.82, 2.24) is 15.3 Å². The molecule has 0 aliphatic carbocycles. The van der Waals surface area contributed by atoms with Gasteiger partial charge in [0.1, 0.15) is 22.9 Å². The molecule has 0 unspecified atom stereocenters. The van der Waals surface area contributed by atoms with E-state index in [2.05, 4.69) is 36.4 Å². The molecule has 4 aromatic carbocycles. The molecule has 1 aromatic heterocycles. The van der Waals surface area contributed by atoms with E-state index in [1.807, 2.05) is 36.2 Å². The van der Waals surface area contributed by atoms with Crippen molar-refractivity contribution < 1.29 is 9.47 Å². The van der Waals surface area contributed by atoms with E-state index in [1.165, 1.54) is 0 Å². The van der Waals surface area contributed by atoms with Crippen molar-refractivity contribution in [3.8, 4) is 11.5 Å². The molecule has 0 fully saturated rings. The maximum Gasteiger partial charge on any atom is 0.197 e. The molecule has 6 rings (SSSR count). The first kappa shape index (κ1) is 17.8. The summed E-state index contributed by atoms with van der Waals surface area (Å²) < 4.78 is 11.2. The highest BCUT2D eigenvalue weighted by Gasteiger charge is 2.30. The molecule has 0 atom stereocenters. The first-order valence-corrected chi connectivity index (χ1v) is 10.0. The van der Waals surface area contributed by atoms with Gasteiger partial charge in [0.15, 0.2) is 11.6 Å². The zero-order valence-corrected chi connectivity index (χ0v) is 17.4. The van der Waals surface area contributed by atoms with Gasteiger partial charge in [0.25, 0.3) is 0 Å². The zero-order valence-electron chi connectivity index (χ0n) is 17.4. The summed E-state index contributed by atoms with van der Waals surface area (Å²) in [5, 5.41) is 9.31. The van der Waals surface area contributed by atoms with Crippen LogP contribution in [0.5, 0.6) is 11.5 Å². The second-order valence-corrected chi connectivity index (χ2v) is 7.50. The van der Waals surface area contributed by atoms with Crippen LogP contribution in [0.3, 0.4) is 0 Å². The molecule has 6 nitrogen and oxygen atoms in total. The Hall–Kier alpha value is -4.06. The highest BCUT2D eigenvalue weighted by molar-refractivity contribution is 6.23. The molecule has 1 aliphatic rings. The smallest absolute Gasteiger partial charge is 0.197 e. The Labute approximate surface area is 179 Å². The van der Waals surface area contributed by atoms with Gasteiger partial charge in [-0.2, -0.15) is 0 Å². The third-order valence-electron chi connectivity index (χ3n) is 5.90. The number of ether oxygens (including phenoxy) is 2. The Bertz CT molecular complexity index is 1510. The van der Waals surface area contributed by atoms with Crippen molar-refractivity contribution in [1.29, 1.82) is 0 Å². The summed E-state index contributed by atoms with van der Waals surface area (Å²) in [6, 6.07) is 20.4. The average Bonchev–Trinajstić information content (AvgIpc) is 2.83. The van der Waals surface area contributed by atoms with E-state index >= 15 is 0 Å². The van der Waals surface area contributed by atoms with Gasteiger partial charge >= 0.3 is 0 Å². The summed E-state index contributed by atoms with van der Waals surface area (Å²) >= 11 is 0. The van der Waals surface area contributed by atoms with Crippen LogP contribution >= 0.6 is 0 Å². The molecule has 0 spiro atoms. The van der Waals surface area contributed by atoms with Crippen LogP contribution in [-0.2, 0) is 0 Å². The molecular weight excluding hydrogens is 388 g/mol. The lowest BCUT2D eigenvalue weighted by molar-refractivity contribution is 0.403. The van der Waals surface area contributed by atoms with E-state index in [4.69, 9.17) is 24.8 Å². The molecule has 151 valence electrons. The summed E-state index contributed by atoms with van der Waals surface area (Å²) in [6.07, 6.45) is 0. The maximum atomic E-state index is 5.61. The number of anilines is 2. The number of nitrogens with zero attached hydrogens (tertiary/aromatic N) is 4. The van der Waals surface area contributed by atoms with Gasteiger partial charge in [-0.1, -0.05) is 48.5 Å². The number of benzene rings is 4. The predicted octanol–water partition coefficient (Wildman–Crippen LogP) is 5.60. The predicted molar refractivity (Wildman–Crippen MR) is 124 cm³/mol. The maximum absolute atomic E-state index is 5.61. The van der Waals surface area contributed by atoms with Crippen LogP contribution in [-0.4, -0.2) is 31.2 Å². The lowest BCUT2D eigenvalue weighted by atomic mass is 9.99. The van der Waals surface area contributed by atoms with Crippen molar-refractivity contribution in [2.75, 3.05) is 26.2 Å². The van der Waals surface area contributed by atoms with E-state index < -0.39 is 0 Å². The fourth-order valence-corrected chi connectivity index (χ4v) is 4.46. The number of aromatic nitrogens is 2. The highest BCUT2D eigenvalue weighted by Crippen LogP contribution is 2.51. The normalized spacial score (nSPS) is 12.5. The molecule has 2 heterocycles. The van der Waals surface area contributed by atoms with Crippen molar-refractivity contribution in [2.24, 2.45) is 0 Å². The first-order valence-electron chi connectivity index (χ1n) is 10.0. The van der Waals surface area contributed by atoms with Crippen LogP contribution in [0.4, 0.5) is 23.0 Å². The summed E-state index contributed by atoms with van der Waals surface area (Å²) in [5.74, 6) is 2.62. The Morgan fingerprint density at radius 2 is 1.23 bits per heavy atom. The van der Waals surface area contributed by atoms with Crippen LogP contribution in [0.1, 0.15) is 0 Å². The van der Waals surface area contributed by atoms with Crippen LogP contribution in [0.25, 0.3) is 32.6 Å². The number of hydrogen-bond acceptors (Lipinski definition) is 5. The van der Waals surface area contributed by atoms with E-state index in [9.17, 15) is 0 Å². The Morgan fingerprint density at radius 1 is 0.677 bits per heavy atom. The van der Waals surface area contributed by atoms with Gasteiger partial charge in [0, 0.05) is 17.8 Å². The van der Waals surface area contributed by atoms with Gasteiger partial charge in [-0.15, -0.1) is 0 Å². The zero-order chi connectivity index (χ0) is 21.1. The van der Waals surface area contributed by atoms with E-state index in [0.29, 0.717) is 28.8 Å². The van der Waals surface area contributed by atoms with Crippen molar-refractivity contribution in [3.63, 3.8) is 0 Å². The first-order chi connectivity index (χ1) is 15.2. The van der Waals surface area contributed by atoms with Crippen LogP contribution in [0.2, 0.25) is 0 Å². The van der Waals surface area contributed by atoms with Crippen LogP contribution < -0.4 is 19.7 Å². The number of rotatable bonds is 2. The molecule has 0 bridgehead atoms. The minimum absolute atomic E-state index is 0.564. The van der Waals surface area contributed by atoms with Crippen LogP contribution in [0.15, 0.2) is 60.7 Å². The SMILES string of the molecule is COc1ccc(OC)c2c1[N]c1nc3c4ccccc4c4ccccc4c3nc1N2C. The van der Waals surface area contributed by atoms with Gasteiger partial charge in [0.2, 0.25) is 0 Å². The van der Waals surface area contributed by atoms with Crippen LogP contribution in [0, 0.1) is 0 Å². The van der Waals surface area contributed by atoms with Crippen molar-refractivity contribution in [2.45, 2.75) is 0 Å². The fourth-order valence-electron chi connectivity index (χ4n) is 4.46. The third-order valence-corrected chi connectivity index (χ3v) is 5.90. The highest BCUT2D eigenvalue weighted by atomic mass is 16.5. The minimum Gasteiger partial charge on any atom is -0.494 e. The van der Waals surface area contributed by atoms with Gasteiger partial charge in [-0.05, 0) is 22.9 Å². The van der Waals surface area contributed by atoms with Gasteiger partial charge in [0.05, 0.1) is 25.3 Å². The summed E-state index contributed by atoms with van der Waals surface area (Å²) in [5.41, 5.74) is 3.21. The van der Waals surface area contributed by atoms with Crippen molar-refractivity contribution >= 4 is 55.6 Å². The lowest BCUT2D eigenvalue weighted by Gasteiger charge is -2.30. The summed E-state index contributed by atoms with van der Waals surface area (Å²) in [6.45, 7) is 0. The standard InChI is InChI=1S/C25H19N4O2/c1-29-23-19(31-3)13-12-18(30-2)22(23)27-24-25(29)28-21-17-11-7-5-9-15(17)14-8-4-6-10-16(14)20(21)26-24/h4-13H,1-3H3. The Balaban J connectivity index is 1.72. The van der Waals surface area contributed by atoms with Crippen molar-refractivity contribution in [3.05, 3.63) is 60.7 Å². The van der Waals surface area contributed by atoms with E-state index in [-0.39, 0.29) is 0 Å². The van der Waals surface area contributed by atoms with Gasteiger partial charge < -0.3 is 14.4 Å². The minimum atomic E-state index is 0.564. The molecule has 0 saturated carbocycles. The topological polar surface area (TPSA) is 61.6 Å². The average molecular weight is 407 g/mol. The molecular formula is C25H19N4O2. The van der Waals surface area contributed by atoms with Gasteiger partial charge in [-0.3, -0.25) is 0 Å². The Morgan fingerprint density at radius 3 is 1.84 bits per heavy atom. The molecule has 1 aliphatic heterocycles. The molecule has 31 heavy (non-hydrogen) atoms. The fraction of sp³-hybridized carbons (Fsp3) is 0.120. The molecule has 1 radical (unpaired) electrons. The molecule has 0 amide bonds. The van der Waals surface area contributed by atoms with Gasteiger partial charge in [-0.25, -0.2) is 15.3 Å². The van der Waals surface area contributed by atoms with E-state index in [1.54, 1.807) is 14.2 Å². The second-order valence-electron chi connectivity index (χ2n) is 7.50. The third kappa shape index (κ3) is 2.39. The van der Waals surface area contributed by atoms with E-state index in [0.717, 1.165) is 38.3 Å². The monoisotopic (exact) mass is 407 g/mol. The lowest BCUT2D eigenvalue weighted by Crippen LogP contribution is -2.21. The Kier molecular flexibility index (Phi) is 3.71. The number of fused-ring (bicyclic) bond motifs is 8. The molecule has 5 aromatic rings. The summed E-state index contributed by atoms with van der Waals surface area (Å²) in [7, 11) is 5.24. The largest absolute Gasteiger partial charge is 0.494 e. The number of methoxy groups -OCH3 is 2. The quantitative estimate of drug-likeness (QED) is 0.356. The number of hydrogen-bond donors (Lipinski definition) is 0. The molecule has 6 heteroatoms. The molecule has 0 saturated heterocycles. The summed E-state index contributed by atoms with van der Waals surface area (Å²) in [4.78, 5) is 12.1. The molecule has 0 N–H and O–H groups in total. The second kappa shape index (κ2) is 6.47.